The number of rotatable bonds is 3. The van der Waals surface area contributed by atoms with Crippen molar-refractivity contribution in [2.45, 2.75) is 11.8 Å². The molecule has 0 aliphatic rings. The molecule has 0 aliphatic carbocycles. The van der Waals surface area contributed by atoms with E-state index in [0.717, 1.165) is 0 Å². The number of aryl methyl sites for hydroxylation is 1. The highest BCUT2D eigenvalue weighted by molar-refractivity contribution is 7.86. The predicted octanol–water partition coefficient (Wildman–Crippen LogP) is 0.835. The monoisotopic (exact) mass is 201 g/mol. The summed E-state index contributed by atoms with van der Waals surface area (Å²) in [6.45, 7) is 1.71. The lowest BCUT2D eigenvalue weighted by atomic mass is 10.2. The molecule has 0 fully saturated rings. The van der Waals surface area contributed by atoms with Gasteiger partial charge in [0, 0.05) is 7.05 Å². The van der Waals surface area contributed by atoms with Crippen molar-refractivity contribution in [1.29, 1.82) is 0 Å². The number of hydrogen-bond acceptors (Lipinski definition) is 4. The second-order valence-electron chi connectivity index (χ2n) is 2.51. The van der Waals surface area contributed by atoms with Gasteiger partial charge in [0.2, 0.25) is 0 Å². The van der Waals surface area contributed by atoms with Gasteiger partial charge >= 0.3 is 10.1 Å². The Kier molecular flexibility index (Phi) is 3.02. The standard InChI is InChI=1S/C8H11NO3S/c1-7-5-3-4-6-8(7)13(10,11)12-9-2/h3-6,9H,1-2H3. The topological polar surface area (TPSA) is 55.4 Å². The lowest BCUT2D eigenvalue weighted by Crippen LogP contribution is -2.16. The number of hydroxylamine groups is 1. The molecule has 0 atom stereocenters. The van der Waals surface area contributed by atoms with Crippen LogP contribution in [0.25, 0.3) is 0 Å². The molecule has 13 heavy (non-hydrogen) atoms. The van der Waals surface area contributed by atoms with Crippen LogP contribution in [0.5, 0.6) is 0 Å². The molecule has 72 valence electrons. The Morgan fingerprint density at radius 2 is 1.92 bits per heavy atom. The molecule has 0 aromatic heterocycles. The molecular weight excluding hydrogens is 190 g/mol. The molecule has 0 radical (unpaired) electrons. The summed E-state index contributed by atoms with van der Waals surface area (Å²) in [6.07, 6.45) is 0. The summed E-state index contributed by atoms with van der Waals surface area (Å²) >= 11 is 0. The summed E-state index contributed by atoms with van der Waals surface area (Å²) in [5.41, 5.74) is 2.81. The van der Waals surface area contributed by atoms with Gasteiger partial charge in [-0.25, -0.2) is 0 Å². The Morgan fingerprint density at radius 1 is 1.31 bits per heavy atom. The van der Waals surface area contributed by atoms with Crippen molar-refractivity contribution in [2.24, 2.45) is 0 Å². The van der Waals surface area contributed by atoms with E-state index in [1.807, 2.05) is 0 Å². The second kappa shape index (κ2) is 3.87. The largest absolute Gasteiger partial charge is 0.313 e. The minimum Gasteiger partial charge on any atom is -0.192 e. The van der Waals surface area contributed by atoms with Gasteiger partial charge in [0.25, 0.3) is 0 Å². The predicted molar refractivity (Wildman–Crippen MR) is 48.5 cm³/mol. The summed E-state index contributed by atoms with van der Waals surface area (Å²) in [7, 11) is -2.25. The van der Waals surface area contributed by atoms with E-state index in [2.05, 4.69) is 9.76 Å². The van der Waals surface area contributed by atoms with E-state index in [-0.39, 0.29) is 4.90 Å². The maximum Gasteiger partial charge on any atom is 0.313 e. The van der Waals surface area contributed by atoms with E-state index in [9.17, 15) is 8.42 Å². The molecule has 4 nitrogen and oxygen atoms in total. The lowest BCUT2D eigenvalue weighted by Gasteiger charge is -2.05. The van der Waals surface area contributed by atoms with Crippen molar-refractivity contribution >= 4 is 10.1 Å². The van der Waals surface area contributed by atoms with Crippen LogP contribution in [-0.4, -0.2) is 15.5 Å². The van der Waals surface area contributed by atoms with E-state index in [1.54, 1.807) is 25.1 Å². The van der Waals surface area contributed by atoms with Gasteiger partial charge in [-0.1, -0.05) is 18.2 Å². The number of hydrogen-bond donors (Lipinski definition) is 1. The van der Waals surface area contributed by atoms with Crippen LogP contribution in [0.15, 0.2) is 29.2 Å². The van der Waals surface area contributed by atoms with Gasteiger partial charge in [-0.05, 0) is 18.6 Å². The third-order valence-electron chi connectivity index (χ3n) is 1.56. The molecule has 0 spiro atoms. The van der Waals surface area contributed by atoms with E-state index in [1.165, 1.54) is 13.1 Å². The quantitative estimate of drug-likeness (QED) is 0.736. The van der Waals surface area contributed by atoms with Crippen LogP contribution in [0.1, 0.15) is 5.56 Å². The Bertz CT molecular complexity index is 386. The zero-order valence-electron chi connectivity index (χ0n) is 7.44. The van der Waals surface area contributed by atoms with Gasteiger partial charge in [0.1, 0.15) is 0 Å². The van der Waals surface area contributed by atoms with Crippen LogP contribution in [0.2, 0.25) is 0 Å². The molecule has 1 aromatic rings. The van der Waals surface area contributed by atoms with Crippen LogP contribution in [0.3, 0.4) is 0 Å². The average molecular weight is 201 g/mol. The third-order valence-corrected chi connectivity index (χ3v) is 2.94. The molecule has 0 unspecified atom stereocenters. The lowest BCUT2D eigenvalue weighted by molar-refractivity contribution is 0.231. The van der Waals surface area contributed by atoms with Gasteiger partial charge in [-0.2, -0.15) is 18.2 Å². The fourth-order valence-electron chi connectivity index (χ4n) is 0.992. The van der Waals surface area contributed by atoms with E-state index >= 15 is 0 Å². The zero-order chi connectivity index (χ0) is 9.90. The summed E-state index contributed by atoms with van der Waals surface area (Å²) in [6, 6.07) is 6.64. The fourth-order valence-corrected chi connectivity index (χ4v) is 2.01. The molecule has 5 heteroatoms. The van der Waals surface area contributed by atoms with Crippen LogP contribution >= 0.6 is 0 Å². The molecular formula is C8H11NO3S. The van der Waals surface area contributed by atoms with Gasteiger partial charge in [-0.3, -0.25) is 0 Å². The van der Waals surface area contributed by atoms with Crippen molar-refractivity contribution in [3.63, 3.8) is 0 Å². The van der Waals surface area contributed by atoms with Crippen molar-refractivity contribution in [1.82, 2.24) is 5.48 Å². The van der Waals surface area contributed by atoms with E-state index in [0.29, 0.717) is 5.56 Å². The molecule has 0 saturated carbocycles. The smallest absolute Gasteiger partial charge is 0.192 e. The minimum absolute atomic E-state index is 0.185. The molecule has 0 heterocycles. The first-order chi connectivity index (χ1) is 6.08. The highest BCUT2D eigenvalue weighted by atomic mass is 32.2. The first-order valence-electron chi connectivity index (χ1n) is 3.74. The van der Waals surface area contributed by atoms with Crippen LogP contribution in [0.4, 0.5) is 0 Å². The first-order valence-corrected chi connectivity index (χ1v) is 5.14. The second-order valence-corrected chi connectivity index (χ2v) is 4.02. The maximum atomic E-state index is 11.4. The van der Waals surface area contributed by atoms with Crippen LogP contribution in [-0.2, 0) is 14.4 Å². The minimum atomic E-state index is -3.65. The van der Waals surface area contributed by atoms with Crippen molar-refractivity contribution in [3.8, 4) is 0 Å². The first kappa shape index (κ1) is 10.2. The molecule has 1 rings (SSSR count). The SMILES string of the molecule is CNOS(=O)(=O)c1ccccc1C. The Hall–Kier alpha value is -0.910. The molecule has 1 aromatic carbocycles. The number of benzene rings is 1. The van der Waals surface area contributed by atoms with Crippen molar-refractivity contribution in [3.05, 3.63) is 29.8 Å². The molecule has 0 amide bonds. The van der Waals surface area contributed by atoms with Crippen molar-refractivity contribution in [2.75, 3.05) is 7.05 Å². The summed E-state index contributed by atoms with van der Waals surface area (Å²) in [5.74, 6) is 0. The molecule has 0 saturated heterocycles. The zero-order valence-corrected chi connectivity index (χ0v) is 8.26. The maximum absolute atomic E-state index is 11.4. The fraction of sp³-hybridized carbons (Fsp3) is 0.250. The van der Waals surface area contributed by atoms with Crippen LogP contribution in [0, 0.1) is 6.92 Å². The number of nitrogens with one attached hydrogen (secondary N) is 1. The van der Waals surface area contributed by atoms with Gasteiger partial charge < -0.3 is 0 Å². The Balaban J connectivity index is 3.15. The highest BCUT2D eigenvalue weighted by Gasteiger charge is 2.16. The van der Waals surface area contributed by atoms with Gasteiger partial charge in [0.05, 0.1) is 4.90 Å². The molecule has 1 N–H and O–H groups in total. The van der Waals surface area contributed by atoms with E-state index in [4.69, 9.17) is 0 Å². The van der Waals surface area contributed by atoms with Crippen molar-refractivity contribution < 1.29 is 12.7 Å². The summed E-state index contributed by atoms with van der Waals surface area (Å²) < 4.78 is 27.2. The molecule has 0 bridgehead atoms. The van der Waals surface area contributed by atoms with Gasteiger partial charge in [-0.15, -0.1) is 0 Å². The summed E-state index contributed by atoms with van der Waals surface area (Å²) in [4.78, 5) is 0.185. The highest BCUT2D eigenvalue weighted by Crippen LogP contribution is 2.15. The normalized spacial score (nSPS) is 11.5. The third kappa shape index (κ3) is 2.27. The Morgan fingerprint density at radius 3 is 2.46 bits per heavy atom. The van der Waals surface area contributed by atoms with E-state index < -0.39 is 10.1 Å². The molecule has 0 aliphatic heterocycles. The summed E-state index contributed by atoms with van der Waals surface area (Å²) in [5, 5.41) is 0. The Labute approximate surface area is 77.6 Å². The average Bonchev–Trinajstić information content (AvgIpc) is 2.04. The van der Waals surface area contributed by atoms with Crippen LogP contribution < -0.4 is 5.48 Å². The van der Waals surface area contributed by atoms with Gasteiger partial charge in [0.15, 0.2) is 0 Å².